The van der Waals surface area contributed by atoms with Crippen LogP contribution in [-0.4, -0.2) is 30.1 Å². The zero-order valence-electron chi connectivity index (χ0n) is 13.1. The van der Waals surface area contributed by atoms with Crippen molar-refractivity contribution in [2.45, 2.75) is 6.92 Å². The average molecular weight is 311 g/mol. The van der Waals surface area contributed by atoms with E-state index in [-0.39, 0.29) is 5.91 Å². The summed E-state index contributed by atoms with van der Waals surface area (Å²) in [4.78, 5) is 19.6. The van der Waals surface area contributed by atoms with Gasteiger partial charge in [0, 0.05) is 11.1 Å². The van der Waals surface area contributed by atoms with Gasteiger partial charge in [0.05, 0.1) is 37.3 Å². The minimum Gasteiger partial charge on any atom is -0.496 e. The Morgan fingerprint density at radius 2 is 2.00 bits per heavy atom. The lowest BCUT2D eigenvalue weighted by atomic mass is 10.1. The number of amides is 1. The van der Waals surface area contributed by atoms with E-state index < -0.39 is 0 Å². The Morgan fingerprint density at radius 1 is 1.17 bits per heavy atom. The molecule has 6 heteroatoms. The Hall–Kier alpha value is -3.02. The molecule has 0 saturated heterocycles. The summed E-state index contributed by atoms with van der Waals surface area (Å²) >= 11 is 0. The largest absolute Gasteiger partial charge is 0.496 e. The number of nitrogens with zero attached hydrogens (tertiary/aromatic N) is 1. The number of methoxy groups -OCH3 is 2. The molecule has 0 unspecified atom stereocenters. The number of carbonyl (C=O) groups excluding carboxylic acids is 1. The van der Waals surface area contributed by atoms with E-state index in [4.69, 9.17) is 9.47 Å². The SMILES string of the molecule is COc1ccc(NC(=O)c2ccc3nc[nH]c3c2)c(OC)c1C. The van der Waals surface area contributed by atoms with Gasteiger partial charge in [-0.3, -0.25) is 4.79 Å². The smallest absolute Gasteiger partial charge is 0.255 e. The molecule has 1 heterocycles. The molecule has 0 aliphatic carbocycles. The normalized spacial score (nSPS) is 10.6. The first-order chi connectivity index (χ1) is 11.1. The highest BCUT2D eigenvalue weighted by molar-refractivity contribution is 6.06. The summed E-state index contributed by atoms with van der Waals surface area (Å²) in [5, 5.41) is 2.87. The van der Waals surface area contributed by atoms with Crippen LogP contribution < -0.4 is 14.8 Å². The first-order valence-electron chi connectivity index (χ1n) is 7.10. The Kier molecular flexibility index (Phi) is 3.89. The lowest BCUT2D eigenvalue weighted by molar-refractivity contribution is 0.102. The summed E-state index contributed by atoms with van der Waals surface area (Å²) in [5.74, 6) is 1.07. The van der Waals surface area contributed by atoms with Gasteiger partial charge in [-0.05, 0) is 37.3 Å². The number of imidazole rings is 1. The fourth-order valence-corrected chi connectivity index (χ4v) is 2.53. The topological polar surface area (TPSA) is 76.2 Å². The van der Waals surface area contributed by atoms with Crippen LogP contribution in [-0.2, 0) is 0 Å². The summed E-state index contributed by atoms with van der Waals surface area (Å²) in [5.41, 5.74) is 3.60. The van der Waals surface area contributed by atoms with Gasteiger partial charge in [0.15, 0.2) is 0 Å². The van der Waals surface area contributed by atoms with Crippen molar-refractivity contribution in [1.82, 2.24) is 9.97 Å². The third kappa shape index (κ3) is 2.70. The summed E-state index contributed by atoms with van der Waals surface area (Å²) < 4.78 is 10.7. The molecule has 0 radical (unpaired) electrons. The first kappa shape index (κ1) is 14.9. The van der Waals surface area contributed by atoms with Gasteiger partial charge in [0.2, 0.25) is 0 Å². The van der Waals surface area contributed by atoms with E-state index in [1.807, 2.05) is 6.92 Å². The Labute approximate surface area is 133 Å². The van der Waals surface area contributed by atoms with Crippen LogP contribution in [0.3, 0.4) is 0 Å². The van der Waals surface area contributed by atoms with Crippen LogP contribution in [0.25, 0.3) is 11.0 Å². The van der Waals surface area contributed by atoms with Crippen LogP contribution in [0.4, 0.5) is 5.69 Å². The van der Waals surface area contributed by atoms with Crippen molar-refractivity contribution in [1.29, 1.82) is 0 Å². The average Bonchev–Trinajstić information content (AvgIpc) is 3.02. The number of ether oxygens (including phenoxy) is 2. The molecule has 2 N–H and O–H groups in total. The van der Waals surface area contributed by atoms with Crippen LogP contribution in [0, 0.1) is 6.92 Å². The van der Waals surface area contributed by atoms with E-state index >= 15 is 0 Å². The number of carbonyl (C=O) groups is 1. The van der Waals surface area contributed by atoms with Gasteiger partial charge >= 0.3 is 0 Å². The van der Waals surface area contributed by atoms with E-state index in [1.54, 1.807) is 50.9 Å². The van der Waals surface area contributed by atoms with E-state index in [1.165, 1.54) is 0 Å². The highest BCUT2D eigenvalue weighted by Gasteiger charge is 2.15. The third-order valence-corrected chi connectivity index (χ3v) is 3.71. The molecule has 6 nitrogen and oxygen atoms in total. The number of H-pyrrole nitrogens is 1. The van der Waals surface area contributed by atoms with Crippen LogP contribution in [0.5, 0.6) is 11.5 Å². The van der Waals surface area contributed by atoms with Gasteiger partial charge in [-0.25, -0.2) is 4.98 Å². The highest BCUT2D eigenvalue weighted by atomic mass is 16.5. The first-order valence-corrected chi connectivity index (χ1v) is 7.10. The molecule has 0 aliphatic rings. The van der Waals surface area contributed by atoms with Crippen LogP contribution in [0.2, 0.25) is 0 Å². The van der Waals surface area contributed by atoms with Gasteiger partial charge in [-0.1, -0.05) is 0 Å². The summed E-state index contributed by atoms with van der Waals surface area (Å²) in [6.45, 7) is 1.88. The fraction of sp³-hybridized carbons (Fsp3) is 0.176. The minimum atomic E-state index is -0.218. The van der Waals surface area contributed by atoms with Gasteiger partial charge in [0.25, 0.3) is 5.91 Å². The molecule has 0 fully saturated rings. The lowest BCUT2D eigenvalue weighted by Gasteiger charge is -2.15. The number of rotatable bonds is 4. The van der Waals surface area contributed by atoms with Gasteiger partial charge < -0.3 is 19.8 Å². The Morgan fingerprint density at radius 3 is 2.74 bits per heavy atom. The van der Waals surface area contributed by atoms with Crippen molar-refractivity contribution in [3.05, 3.63) is 47.8 Å². The molecule has 0 spiro atoms. The number of hydrogen-bond donors (Lipinski definition) is 2. The number of fused-ring (bicyclic) bond motifs is 1. The molecular formula is C17H17N3O3. The number of benzene rings is 2. The molecule has 1 amide bonds. The van der Waals surface area contributed by atoms with Gasteiger partial charge in [0.1, 0.15) is 11.5 Å². The van der Waals surface area contributed by atoms with Crippen molar-refractivity contribution in [3.63, 3.8) is 0 Å². The van der Waals surface area contributed by atoms with Crippen LogP contribution in [0.15, 0.2) is 36.7 Å². The zero-order valence-corrected chi connectivity index (χ0v) is 13.1. The van der Waals surface area contributed by atoms with E-state index in [2.05, 4.69) is 15.3 Å². The van der Waals surface area contributed by atoms with Gasteiger partial charge in [-0.15, -0.1) is 0 Å². The third-order valence-electron chi connectivity index (χ3n) is 3.71. The maximum Gasteiger partial charge on any atom is 0.255 e. The lowest BCUT2D eigenvalue weighted by Crippen LogP contribution is -2.13. The number of anilines is 1. The van der Waals surface area contributed by atoms with Crippen molar-refractivity contribution < 1.29 is 14.3 Å². The van der Waals surface area contributed by atoms with Crippen molar-refractivity contribution >= 4 is 22.6 Å². The fourth-order valence-electron chi connectivity index (χ4n) is 2.53. The molecule has 3 aromatic rings. The molecule has 0 bridgehead atoms. The second kappa shape index (κ2) is 6.00. The van der Waals surface area contributed by atoms with E-state index in [0.29, 0.717) is 22.7 Å². The minimum absolute atomic E-state index is 0.218. The summed E-state index contributed by atoms with van der Waals surface area (Å²) in [6, 6.07) is 8.86. The summed E-state index contributed by atoms with van der Waals surface area (Å²) in [7, 11) is 3.16. The van der Waals surface area contributed by atoms with E-state index in [0.717, 1.165) is 16.6 Å². The molecule has 0 aliphatic heterocycles. The number of aromatic amines is 1. The second-order valence-corrected chi connectivity index (χ2v) is 5.06. The Balaban J connectivity index is 1.91. The molecule has 0 atom stereocenters. The monoisotopic (exact) mass is 311 g/mol. The predicted molar refractivity (Wildman–Crippen MR) is 88.3 cm³/mol. The van der Waals surface area contributed by atoms with Crippen molar-refractivity contribution in [2.75, 3.05) is 19.5 Å². The molecule has 118 valence electrons. The number of aromatic nitrogens is 2. The summed E-state index contributed by atoms with van der Waals surface area (Å²) in [6.07, 6.45) is 1.60. The molecule has 0 saturated carbocycles. The van der Waals surface area contributed by atoms with Crippen LogP contribution in [0.1, 0.15) is 15.9 Å². The van der Waals surface area contributed by atoms with Crippen molar-refractivity contribution in [3.8, 4) is 11.5 Å². The predicted octanol–water partition coefficient (Wildman–Crippen LogP) is 3.14. The maximum absolute atomic E-state index is 12.5. The highest BCUT2D eigenvalue weighted by Crippen LogP contribution is 2.35. The maximum atomic E-state index is 12.5. The number of nitrogens with one attached hydrogen (secondary N) is 2. The standard InChI is InChI=1S/C17H17N3O3/c1-10-15(22-2)7-6-13(16(10)23-3)20-17(21)11-4-5-12-14(8-11)19-9-18-12/h4-9H,1-3H3,(H,18,19)(H,20,21). The van der Waals surface area contributed by atoms with Gasteiger partial charge in [-0.2, -0.15) is 0 Å². The second-order valence-electron chi connectivity index (χ2n) is 5.06. The number of hydrogen-bond acceptors (Lipinski definition) is 4. The quantitative estimate of drug-likeness (QED) is 0.776. The molecule has 3 rings (SSSR count). The van der Waals surface area contributed by atoms with Crippen molar-refractivity contribution in [2.24, 2.45) is 0 Å². The molecule has 1 aromatic heterocycles. The van der Waals surface area contributed by atoms with E-state index in [9.17, 15) is 4.79 Å². The van der Waals surface area contributed by atoms with Crippen LogP contribution >= 0.6 is 0 Å². The Bertz CT molecular complexity index is 871. The zero-order chi connectivity index (χ0) is 16.4. The molecular weight excluding hydrogens is 294 g/mol. The molecule has 23 heavy (non-hydrogen) atoms. The molecule has 2 aromatic carbocycles.